The van der Waals surface area contributed by atoms with Crippen LogP contribution in [0.15, 0.2) is 83.8 Å². The first kappa shape index (κ1) is 21.4. The van der Waals surface area contributed by atoms with E-state index in [1.165, 1.54) is 4.90 Å². The van der Waals surface area contributed by atoms with Gasteiger partial charge in [0.05, 0.1) is 10.6 Å². The molecular weight excluding hydrogens is 424 g/mol. The van der Waals surface area contributed by atoms with Gasteiger partial charge >= 0.3 is 0 Å². The normalized spacial score (nSPS) is 14.7. The molecule has 0 bridgehead atoms. The molecule has 0 atom stereocenters. The van der Waals surface area contributed by atoms with Gasteiger partial charge in [-0.05, 0) is 66.2 Å². The summed E-state index contributed by atoms with van der Waals surface area (Å²) in [6.07, 6.45) is 1.67. The second kappa shape index (κ2) is 9.53. The van der Waals surface area contributed by atoms with Gasteiger partial charge in [-0.2, -0.15) is 0 Å². The lowest BCUT2D eigenvalue weighted by Crippen LogP contribution is -2.27. The fourth-order valence-electron chi connectivity index (χ4n) is 3.13. The first-order valence-corrected chi connectivity index (χ1v) is 10.7. The molecule has 3 aromatic rings. The lowest BCUT2D eigenvalue weighted by Gasteiger charge is -2.11. The predicted octanol–water partition coefficient (Wildman–Crippen LogP) is 5.25. The molecule has 1 saturated heterocycles. The number of anilines is 2. The zero-order valence-electron chi connectivity index (χ0n) is 17.3. The van der Waals surface area contributed by atoms with Gasteiger partial charge in [-0.3, -0.25) is 14.4 Å². The number of benzene rings is 3. The molecule has 1 N–H and O–H groups in total. The maximum absolute atomic E-state index is 12.7. The van der Waals surface area contributed by atoms with Gasteiger partial charge in [0, 0.05) is 5.69 Å². The Morgan fingerprint density at radius 2 is 1.66 bits per heavy atom. The van der Waals surface area contributed by atoms with Crippen LogP contribution in [0.3, 0.4) is 0 Å². The van der Waals surface area contributed by atoms with Gasteiger partial charge in [0.1, 0.15) is 5.75 Å². The molecule has 6 nitrogen and oxygen atoms in total. The van der Waals surface area contributed by atoms with Crippen LogP contribution in [0.4, 0.5) is 16.2 Å². The lowest BCUT2D eigenvalue weighted by atomic mass is 10.2. The maximum atomic E-state index is 12.7. The molecular formula is C25H20N2O4S. The summed E-state index contributed by atoms with van der Waals surface area (Å²) in [6.45, 7) is 1.80. The number of hydrogen-bond acceptors (Lipinski definition) is 5. The third-order valence-corrected chi connectivity index (χ3v) is 5.64. The van der Waals surface area contributed by atoms with Gasteiger partial charge in [0.15, 0.2) is 6.61 Å². The number of hydrogen-bond donors (Lipinski definition) is 1. The first-order valence-electron chi connectivity index (χ1n) is 9.92. The number of rotatable bonds is 6. The van der Waals surface area contributed by atoms with Crippen molar-refractivity contribution in [3.05, 3.63) is 94.9 Å². The van der Waals surface area contributed by atoms with E-state index in [9.17, 15) is 14.4 Å². The van der Waals surface area contributed by atoms with Gasteiger partial charge in [-0.25, -0.2) is 4.90 Å². The topological polar surface area (TPSA) is 75.7 Å². The molecule has 0 spiro atoms. The van der Waals surface area contributed by atoms with Crippen molar-refractivity contribution in [2.75, 3.05) is 16.8 Å². The van der Waals surface area contributed by atoms with Crippen LogP contribution in [0.25, 0.3) is 6.08 Å². The van der Waals surface area contributed by atoms with Crippen molar-refractivity contribution in [1.29, 1.82) is 0 Å². The minimum atomic E-state index is -0.348. The molecule has 3 amide bonds. The van der Waals surface area contributed by atoms with Crippen LogP contribution in [-0.2, 0) is 9.59 Å². The number of para-hydroxylation sites is 2. The molecule has 0 unspecified atom stereocenters. The fraction of sp³-hybridized carbons (Fsp3) is 0.0800. The summed E-state index contributed by atoms with van der Waals surface area (Å²) in [7, 11) is 0. The molecule has 160 valence electrons. The zero-order valence-corrected chi connectivity index (χ0v) is 18.1. The van der Waals surface area contributed by atoms with Crippen molar-refractivity contribution in [2.45, 2.75) is 6.92 Å². The molecule has 32 heavy (non-hydrogen) atoms. The van der Waals surface area contributed by atoms with E-state index in [2.05, 4.69) is 5.32 Å². The summed E-state index contributed by atoms with van der Waals surface area (Å²) >= 11 is 0.906. The molecule has 0 radical (unpaired) electrons. The molecule has 4 rings (SSSR count). The highest BCUT2D eigenvalue weighted by atomic mass is 32.2. The zero-order chi connectivity index (χ0) is 22.5. The average molecular weight is 445 g/mol. The van der Waals surface area contributed by atoms with Crippen molar-refractivity contribution < 1.29 is 19.1 Å². The van der Waals surface area contributed by atoms with Gasteiger partial charge < -0.3 is 10.1 Å². The monoisotopic (exact) mass is 444 g/mol. The maximum Gasteiger partial charge on any atom is 0.298 e. The van der Waals surface area contributed by atoms with Crippen molar-refractivity contribution in [1.82, 2.24) is 0 Å². The summed E-state index contributed by atoms with van der Waals surface area (Å²) < 4.78 is 5.55. The highest BCUT2D eigenvalue weighted by Crippen LogP contribution is 2.35. The van der Waals surface area contributed by atoms with E-state index in [1.807, 2.05) is 37.3 Å². The standard InChI is InChI=1S/C25H20N2O4S/c1-17-7-5-6-10-21(17)26-23(28)16-31-20-13-11-18(12-14-20)15-22-24(29)27(25(30)32-22)19-8-3-2-4-9-19/h2-15H,16H2,1H3,(H,26,28)/b22-15+. The van der Waals surface area contributed by atoms with Gasteiger partial charge in [-0.15, -0.1) is 0 Å². The van der Waals surface area contributed by atoms with Crippen LogP contribution in [0.1, 0.15) is 11.1 Å². The Hall–Kier alpha value is -3.84. The van der Waals surface area contributed by atoms with E-state index in [0.29, 0.717) is 16.3 Å². The van der Waals surface area contributed by atoms with E-state index in [-0.39, 0.29) is 23.7 Å². The summed E-state index contributed by atoms with van der Waals surface area (Å²) in [5.41, 5.74) is 3.02. The summed E-state index contributed by atoms with van der Waals surface area (Å²) in [4.78, 5) is 38.6. The quantitative estimate of drug-likeness (QED) is 0.526. The van der Waals surface area contributed by atoms with E-state index < -0.39 is 0 Å². The molecule has 3 aromatic carbocycles. The van der Waals surface area contributed by atoms with Crippen molar-refractivity contribution in [3.8, 4) is 5.75 Å². The predicted molar refractivity (Wildman–Crippen MR) is 127 cm³/mol. The smallest absolute Gasteiger partial charge is 0.298 e. The van der Waals surface area contributed by atoms with Crippen LogP contribution in [-0.4, -0.2) is 23.7 Å². The van der Waals surface area contributed by atoms with E-state index >= 15 is 0 Å². The van der Waals surface area contributed by atoms with Crippen molar-refractivity contribution in [3.63, 3.8) is 0 Å². The SMILES string of the molecule is Cc1ccccc1NC(=O)COc1ccc(/C=C2/SC(=O)N(c3ccccc3)C2=O)cc1. The van der Waals surface area contributed by atoms with Gasteiger partial charge in [-0.1, -0.05) is 48.5 Å². The van der Waals surface area contributed by atoms with Crippen LogP contribution >= 0.6 is 11.8 Å². The van der Waals surface area contributed by atoms with E-state index in [4.69, 9.17) is 4.74 Å². The minimum Gasteiger partial charge on any atom is -0.484 e. The molecule has 0 aromatic heterocycles. The van der Waals surface area contributed by atoms with Crippen LogP contribution < -0.4 is 15.0 Å². The number of imide groups is 1. The molecule has 7 heteroatoms. The molecule has 1 fully saturated rings. The fourth-order valence-corrected chi connectivity index (χ4v) is 3.97. The highest BCUT2D eigenvalue weighted by molar-refractivity contribution is 8.19. The van der Waals surface area contributed by atoms with Crippen molar-refractivity contribution in [2.24, 2.45) is 0 Å². The van der Waals surface area contributed by atoms with Crippen LogP contribution in [0.5, 0.6) is 5.75 Å². The number of amides is 3. The Balaban J connectivity index is 1.37. The summed E-state index contributed by atoms with van der Waals surface area (Å²) in [6, 6.07) is 23.3. The summed E-state index contributed by atoms with van der Waals surface area (Å²) in [5, 5.41) is 2.49. The number of carbonyl (C=O) groups is 3. The number of aryl methyl sites for hydroxylation is 1. The van der Waals surface area contributed by atoms with Crippen LogP contribution in [0, 0.1) is 6.92 Å². The Bertz CT molecular complexity index is 1190. The molecule has 1 heterocycles. The third kappa shape index (κ3) is 4.90. The Morgan fingerprint density at radius 1 is 0.969 bits per heavy atom. The number of nitrogens with one attached hydrogen (secondary N) is 1. The third-order valence-electron chi connectivity index (χ3n) is 4.78. The molecule has 0 saturated carbocycles. The van der Waals surface area contributed by atoms with E-state index in [0.717, 1.165) is 28.6 Å². The molecule has 0 aliphatic carbocycles. The Kier molecular flexibility index (Phi) is 6.37. The largest absolute Gasteiger partial charge is 0.484 e. The Labute approximate surface area is 189 Å². The number of thioether (sulfide) groups is 1. The second-order valence-corrected chi connectivity index (χ2v) is 8.07. The lowest BCUT2D eigenvalue weighted by molar-refractivity contribution is -0.118. The number of nitrogens with zero attached hydrogens (tertiary/aromatic N) is 1. The minimum absolute atomic E-state index is 0.121. The van der Waals surface area contributed by atoms with Gasteiger partial charge in [0.25, 0.3) is 17.1 Å². The van der Waals surface area contributed by atoms with Gasteiger partial charge in [0.2, 0.25) is 0 Å². The highest BCUT2D eigenvalue weighted by Gasteiger charge is 2.36. The average Bonchev–Trinajstić information content (AvgIpc) is 3.08. The number of carbonyl (C=O) groups excluding carboxylic acids is 3. The van der Waals surface area contributed by atoms with Crippen LogP contribution in [0.2, 0.25) is 0 Å². The first-order chi connectivity index (χ1) is 15.5. The Morgan fingerprint density at radius 3 is 2.38 bits per heavy atom. The van der Waals surface area contributed by atoms with E-state index in [1.54, 1.807) is 54.6 Å². The van der Waals surface area contributed by atoms with Crippen molar-refractivity contribution >= 4 is 46.3 Å². The molecule has 1 aliphatic heterocycles. The second-order valence-electron chi connectivity index (χ2n) is 7.07. The molecule has 1 aliphatic rings. The number of ether oxygens (including phenoxy) is 1. The summed E-state index contributed by atoms with van der Waals surface area (Å²) in [5.74, 6) is -0.0724.